The van der Waals surface area contributed by atoms with Gasteiger partial charge < -0.3 is 18.9 Å². The molecule has 216 valence electrons. The molecule has 1 N–H and O–H groups in total. The third-order valence-corrected chi connectivity index (χ3v) is 9.56. The Labute approximate surface area is 252 Å². The smallest absolute Gasteiger partial charge is 0.339 e. The lowest BCUT2D eigenvalue weighted by Crippen LogP contribution is -2.40. The molecule has 0 radical (unpaired) electrons. The van der Waals surface area contributed by atoms with E-state index in [-0.39, 0.29) is 47.5 Å². The van der Waals surface area contributed by atoms with Crippen LogP contribution in [0.1, 0.15) is 63.4 Å². The van der Waals surface area contributed by atoms with Crippen molar-refractivity contribution in [1.29, 1.82) is 0 Å². The summed E-state index contributed by atoms with van der Waals surface area (Å²) in [5.41, 5.74) is 3.21. The van der Waals surface area contributed by atoms with Gasteiger partial charge in [0.25, 0.3) is 0 Å². The lowest BCUT2D eigenvalue weighted by molar-refractivity contribution is -0.137. The van der Waals surface area contributed by atoms with Crippen LogP contribution in [0.5, 0.6) is 11.5 Å². The van der Waals surface area contributed by atoms with Gasteiger partial charge >= 0.3 is 16.1 Å². The molecular weight excluding hydrogens is 661 g/mol. The Morgan fingerprint density at radius 2 is 1.61 bits per heavy atom. The van der Waals surface area contributed by atoms with Gasteiger partial charge in [-0.2, -0.15) is 8.42 Å². The minimum absolute atomic E-state index is 0.00116. The molecule has 2 aromatic rings. The van der Waals surface area contributed by atoms with Gasteiger partial charge in [0.15, 0.2) is 23.1 Å². The van der Waals surface area contributed by atoms with E-state index in [1.54, 1.807) is 37.3 Å². The first-order valence-electron chi connectivity index (χ1n) is 13.6. The lowest BCUT2D eigenvalue weighted by Gasteiger charge is -2.44. The van der Waals surface area contributed by atoms with Gasteiger partial charge in [-0.25, -0.2) is 0 Å². The largest absolute Gasteiger partial charge is 0.490 e. The molecule has 0 unspecified atom stereocenters. The first-order valence-corrected chi connectivity index (χ1v) is 16.1. The topological polar surface area (TPSA) is 127 Å². The van der Waals surface area contributed by atoms with Crippen molar-refractivity contribution in [2.24, 2.45) is 0 Å². The maximum absolute atomic E-state index is 13.5. The number of ether oxygens (including phenoxy) is 1. The molecule has 0 fully saturated rings. The van der Waals surface area contributed by atoms with Crippen molar-refractivity contribution in [2.45, 2.75) is 62.7 Å². The first kappa shape index (κ1) is 29.3. The first-order chi connectivity index (χ1) is 19.6. The van der Waals surface area contributed by atoms with Crippen LogP contribution in [0.3, 0.4) is 0 Å². The highest BCUT2D eigenvalue weighted by atomic mass is 127. The van der Waals surface area contributed by atoms with E-state index in [1.165, 1.54) is 12.1 Å². The number of benzene rings is 2. The van der Waals surface area contributed by atoms with Crippen molar-refractivity contribution < 1.29 is 36.8 Å². The molecule has 3 aliphatic rings. The predicted octanol–water partition coefficient (Wildman–Crippen LogP) is 5.35. The normalized spacial score (nSPS) is 17.9. The van der Waals surface area contributed by atoms with Crippen LogP contribution in [0.2, 0.25) is 0 Å². The summed E-state index contributed by atoms with van der Waals surface area (Å²) in [6.45, 7) is 2.19. The number of hydrogen-bond acceptors (Lipinski definition) is 8. The van der Waals surface area contributed by atoms with Crippen LogP contribution in [0.4, 0.5) is 0 Å². The summed E-state index contributed by atoms with van der Waals surface area (Å²) >= 11 is 1.99. The zero-order chi connectivity index (χ0) is 29.3. The van der Waals surface area contributed by atoms with Gasteiger partial charge in [-0.1, -0.05) is 18.2 Å². The fraction of sp³-hybridized carbons (Fsp3) is 0.367. The molecule has 0 bridgehead atoms. The summed E-state index contributed by atoms with van der Waals surface area (Å²) in [5, 5.41) is 9.40. The van der Waals surface area contributed by atoms with E-state index in [2.05, 4.69) is 0 Å². The highest BCUT2D eigenvalue weighted by Gasteiger charge is 2.43. The van der Waals surface area contributed by atoms with Crippen LogP contribution in [0.25, 0.3) is 0 Å². The molecule has 0 saturated carbocycles. The number of Topliss-reactive ketones (excluding diaryl/α,β-unsaturated/α-hetero) is 2. The summed E-state index contributed by atoms with van der Waals surface area (Å²) in [5.74, 6) is -1.51. The van der Waals surface area contributed by atoms with E-state index in [1.807, 2.05) is 27.5 Å². The number of carboxylic acid groups (broad SMARTS) is 1. The number of halogens is 1. The average molecular weight is 692 g/mol. The number of carbonyl (C=O) groups is 3. The maximum Gasteiger partial charge on any atom is 0.339 e. The van der Waals surface area contributed by atoms with Crippen molar-refractivity contribution >= 4 is 50.2 Å². The Hall–Kier alpha value is -3.19. The van der Waals surface area contributed by atoms with Gasteiger partial charge in [-0.05, 0) is 85.0 Å². The van der Waals surface area contributed by atoms with Crippen molar-refractivity contribution in [2.75, 3.05) is 13.2 Å². The Balaban J connectivity index is 1.66. The van der Waals surface area contributed by atoms with E-state index in [9.17, 15) is 27.9 Å². The van der Waals surface area contributed by atoms with E-state index in [4.69, 9.17) is 8.92 Å². The molecule has 9 nitrogen and oxygen atoms in total. The Morgan fingerprint density at radius 3 is 2.17 bits per heavy atom. The van der Waals surface area contributed by atoms with Gasteiger partial charge in [0.2, 0.25) is 0 Å². The molecule has 0 saturated heterocycles. The fourth-order valence-electron chi connectivity index (χ4n) is 5.87. The molecule has 2 aliphatic carbocycles. The van der Waals surface area contributed by atoms with Crippen LogP contribution < -0.4 is 8.92 Å². The Kier molecular flexibility index (Phi) is 8.55. The second kappa shape index (κ2) is 12.0. The highest BCUT2D eigenvalue weighted by molar-refractivity contribution is 14.1. The van der Waals surface area contributed by atoms with E-state index in [0.717, 1.165) is 11.4 Å². The summed E-state index contributed by atoms with van der Waals surface area (Å²) in [7, 11) is -4.16. The van der Waals surface area contributed by atoms with Crippen molar-refractivity contribution in [3.05, 3.63) is 74.1 Å². The number of aliphatic carboxylic acids is 1. The molecule has 1 heterocycles. The van der Waals surface area contributed by atoms with E-state index < -0.39 is 22.0 Å². The molecule has 41 heavy (non-hydrogen) atoms. The summed E-state index contributed by atoms with van der Waals surface area (Å²) in [6.07, 6.45) is 3.07. The van der Waals surface area contributed by atoms with Gasteiger partial charge in [0.1, 0.15) is 4.90 Å². The number of carboxylic acids is 1. The van der Waals surface area contributed by atoms with Crippen LogP contribution in [0, 0.1) is 3.57 Å². The second-order valence-electron chi connectivity index (χ2n) is 10.1. The SMILES string of the molecule is CCOc1cc(C2C3=C(CCCC3=O)N(CCC(=O)O)C3=C2C(=O)CCC3)cc(I)c1OS(=O)(=O)c1ccccc1. The zero-order valence-electron chi connectivity index (χ0n) is 22.5. The van der Waals surface area contributed by atoms with Gasteiger partial charge in [-0.15, -0.1) is 0 Å². The van der Waals surface area contributed by atoms with Gasteiger partial charge in [0, 0.05) is 47.8 Å². The number of allylic oxidation sites excluding steroid dienone is 4. The minimum atomic E-state index is -4.16. The van der Waals surface area contributed by atoms with Crippen molar-refractivity contribution in [1.82, 2.24) is 4.90 Å². The molecule has 0 amide bonds. The minimum Gasteiger partial charge on any atom is -0.490 e. The lowest BCUT2D eigenvalue weighted by atomic mass is 9.71. The average Bonchev–Trinajstić information content (AvgIpc) is 2.94. The number of carbonyl (C=O) groups excluding carboxylic acids is 2. The standard InChI is InChI=1S/C30H30INO8S/c1-2-39-25-17-18(16-20(31)30(25)40-41(37,38)19-8-4-3-5-9-19)27-28-21(10-6-12-23(28)33)32(15-14-26(35)36)22-11-7-13-24(34)29(22)27/h3-5,8-9,16-17,27H,2,6-7,10-15H2,1H3,(H,35,36). The fourth-order valence-corrected chi connectivity index (χ4v) is 7.73. The maximum atomic E-state index is 13.5. The number of nitrogens with zero attached hydrogens (tertiary/aromatic N) is 1. The number of ketones is 2. The molecule has 11 heteroatoms. The predicted molar refractivity (Wildman–Crippen MR) is 158 cm³/mol. The number of rotatable bonds is 9. The van der Waals surface area contributed by atoms with Crippen LogP contribution >= 0.6 is 22.6 Å². The monoisotopic (exact) mass is 691 g/mol. The van der Waals surface area contributed by atoms with Crippen LogP contribution in [-0.2, 0) is 24.5 Å². The molecule has 1 aliphatic heterocycles. The molecule has 0 aromatic heterocycles. The molecule has 2 aromatic carbocycles. The third kappa shape index (κ3) is 5.78. The Bertz CT molecular complexity index is 1530. The molecule has 0 atom stereocenters. The van der Waals surface area contributed by atoms with E-state index in [0.29, 0.717) is 58.8 Å². The Morgan fingerprint density at radius 1 is 1.00 bits per heavy atom. The molecule has 5 rings (SSSR count). The summed E-state index contributed by atoms with van der Waals surface area (Å²) in [4.78, 5) is 40.4. The van der Waals surface area contributed by atoms with E-state index >= 15 is 0 Å². The summed E-state index contributed by atoms with van der Waals surface area (Å²) < 4.78 is 38.1. The van der Waals surface area contributed by atoms with Crippen molar-refractivity contribution in [3.8, 4) is 11.5 Å². The van der Waals surface area contributed by atoms with Gasteiger partial charge in [0.05, 0.1) is 16.6 Å². The van der Waals surface area contributed by atoms with Crippen LogP contribution in [0.15, 0.2) is 69.9 Å². The molecule has 0 spiro atoms. The second-order valence-corrected chi connectivity index (χ2v) is 12.8. The van der Waals surface area contributed by atoms with Gasteiger partial charge in [-0.3, -0.25) is 14.4 Å². The number of hydrogen-bond donors (Lipinski definition) is 1. The highest BCUT2D eigenvalue weighted by Crippen LogP contribution is 2.51. The van der Waals surface area contributed by atoms with Crippen LogP contribution in [-0.4, -0.2) is 49.1 Å². The summed E-state index contributed by atoms with van der Waals surface area (Å²) in [6, 6.07) is 11.2. The zero-order valence-corrected chi connectivity index (χ0v) is 25.5. The molecular formula is C30H30INO8S. The quantitative estimate of drug-likeness (QED) is 0.274. The van der Waals surface area contributed by atoms with Crippen molar-refractivity contribution in [3.63, 3.8) is 0 Å². The third-order valence-electron chi connectivity index (χ3n) is 7.53.